The molecule has 6 nitrogen and oxygen atoms in total. The van der Waals surface area contributed by atoms with Crippen LogP contribution in [0.15, 0.2) is 30.9 Å². The zero-order chi connectivity index (χ0) is 14.4. The number of rotatable bonds is 6. The van der Waals surface area contributed by atoms with E-state index in [-0.39, 0.29) is 6.04 Å². The van der Waals surface area contributed by atoms with Crippen molar-refractivity contribution < 1.29 is 0 Å². The lowest BCUT2D eigenvalue weighted by Crippen LogP contribution is -2.15. The third-order valence-electron chi connectivity index (χ3n) is 3.12. The molecule has 1 atom stereocenters. The van der Waals surface area contributed by atoms with E-state index in [1.807, 2.05) is 18.3 Å². The molecule has 0 aromatic carbocycles. The summed E-state index contributed by atoms with van der Waals surface area (Å²) >= 11 is 0. The molecule has 0 bridgehead atoms. The molecule has 2 rings (SSSR count). The fraction of sp³-hybridized carbons (Fsp3) is 0.357. The summed E-state index contributed by atoms with van der Waals surface area (Å²) in [5, 5.41) is 3.40. The molecule has 0 aliphatic carbocycles. The van der Waals surface area contributed by atoms with Gasteiger partial charge >= 0.3 is 0 Å². The number of anilines is 2. The molecule has 4 N–H and O–H groups in total. The number of pyridine rings is 1. The smallest absolute Gasteiger partial charge is 0.148 e. The normalized spacial score (nSPS) is 11.9. The van der Waals surface area contributed by atoms with Gasteiger partial charge in [0.15, 0.2) is 0 Å². The predicted molar refractivity (Wildman–Crippen MR) is 80.1 cm³/mol. The Morgan fingerprint density at radius 1 is 1.30 bits per heavy atom. The molecule has 20 heavy (non-hydrogen) atoms. The van der Waals surface area contributed by atoms with Crippen LogP contribution in [0.25, 0.3) is 0 Å². The molecule has 106 valence electrons. The quantitative estimate of drug-likeness (QED) is 0.552. The van der Waals surface area contributed by atoms with E-state index in [9.17, 15) is 0 Å². The van der Waals surface area contributed by atoms with Gasteiger partial charge in [-0.2, -0.15) is 0 Å². The van der Waals surface area contributed by atoms with Crippen LogP contribution in [0.1, 0.15) is 37.4 Å². The summed E-state index contributed by atoms with van der Waals surface area (Å²) in [4.78, 5) is 12.6. The van der Waals surface area contributed by atoms with Gasteiger partial charge in [0.25, 0.3) is 0 Å². The van der Waals surface area contributed by atoms with Gasteiger partial charge in [0.05, 0.1) is 6.04 Å². The third-order valence-corrected chi connectivity index (χ3v) is 3.12. The van der Waals surface area contributed by atoms with E-state index < -0.39 is 0 Å². The van der Waals surface area contributed by atoms with Crippen LogP contribution in [0.4, 0.5) is 11.6 Å². The van der Waals surface area contributed by atoms with E-state index in [2.05, 4.69) is 39.5 Å². The van der Waals surface area contributed by atoms with Crippen LogP contribution in [0.3, 0.4) is 0 Å². The summed E-state index contributed by atoms with van der Waals surface area (Å²) in [6.07, 6.45) is 6.98. The standard InChI is InChI=1S/C14H20N6/c1-3-5-12-13(17-9-18-14(12)20-15)19-10(2)11-6-4-7-16-8-11/h4,6-10H,3,5,15H2,1-2H3,(H2,17,18,19,20). The molecule has 0 spiro atoms. The molecule has 2 aromatic rings. The van der Waals surface area contributed by atoms with Gasteiger partial charge in [0, 0.05) is 18.0 Å². The molecule has 0 fully saturated rings. The Morgan fingerprint density at radius 3 is 2.75 bits per heavy atom. The van der Waals surface area contributed by atoms with E-state index in [0.717, 1.165) is 29.8 Å². The number of aromatic nitrogens is 3. The Bertz CT molecular complexity index is 543. The summed E-state index contributed by atoms with van der Waals surface area (Å²) in [5.41, 5.74) is 4.75. The summed E-state index contributed by atoms with van der Waals surface area (Å²) in [5.74, 6) is 6.99. The van der Waals surface area contributed by atoms with Gasteiger partial charge in [0.1, 0.15) is 18.0 Å². The van der Waals surface area contributed by atoms with Crippen LogP contribution in [0, 0.1) is 0 Å². The summed E-state index contributed by atoms with van der Waals surface area (Å²) in [7, 11) is 0. The van der Waals surface area contributed by atoms with Crippen molar-refractivity contribution >= 4 is 11.6 Å². The van der Waals surface area contributed by atoms with E-state index in [1.54, 1.807) is 6.20 Å². The minimum absolute atomic E-state index is 0.111. The maximum Gasteiger partial charge on any atom is 0.148 e. The van der Waals surface area contributed by atoms with E-state index >= 15 is 0 Å². The molecule has 0 aliphatic heterocycles. The Labute approximate surface area is 118 Å². The zero-order valence-corrected chi connectivity index (χ0v) is 11.8. The lowest BCUT2D eigenvalue weighted by atomic mass is 10.1. The number of hydrogen-bond acceptors (Lipinski definition) is 6. The molecule has 0 aliphatic rings. The molecular formula is C14H20N6. The SMILES string of the molecule is CCCc1c(NN)ncnc1NC(C)c1cccnc1. The second kappa shape index (κ2) is 6.81. The van der Waals surface area contributed by atoms with Gasteiger partial charge in [-0.25, -0.2) is 15.8 Å². The lowest BCUT2D eigenvalue weighted by Gasteiger charge is -2.18. The van der Waals surface area contributed by atoms with Crippen LogP contribution in [-0.4, -0.2) is 15.0 Å². The fourth-order valence-corrected chi connectivity index (χ4v) is 2.07. The van der Waals surface area contributed by atoms with Crippen molar-refractivity contribution in [2.75, 3.05) is 10.7 Å². The van der Waals surface area contributed by atoms with Crippen molar-refractivity contribution in [1.29, 1.82) is 0 Å². The Hall–Kier alpha value is -2.21. The topological polar surface area (TPSA) is 88.8 Å². The molecule has 0 radical (unpaired) electrons. The van der Waals surface area contributed by atoms with Gasteiger partial charge in [-0.15, -0.1) is 0 Å². The monoisotopic (exact) mass is 272 g/mol. The van der Waals surface area contributed by atoms with Crippen molar-refractivity contribution in [2.24, 2.45) is 5.84 Å². The van der Waals surface area contributed by atoms with Crippen LogP contribution in [0.5, 0.6) is 0 Å². The molecular weight excluding hydrogens is 252 g/mol. The second-order valence-electron chi connectivity index (χ2n) is 4.60. The molecule has 0 saturated heterocycles. The maximum absolute atomic E-state index is 5.51. The zero-order valence-electron chi connectivity index (χ0n) is 11.8. The van der Waals surface area contributed by atoms with E-state index in [1.165, 1.54) is 6.33 Å². The summed E-state index contributed by atoms with van der Waals surface area (Å²) < 4.78 is 0. The molecule has 2 heterocycles. The summed E-state index contributed by atoms with van der Waals surface area (Å²) in [6, 6.07) is 4.07. The first-order valence-corrected chi connectivity index (χ1v) is 6.73. The number of nitrogens with zero attached hydrogens (tertiary/aromatic N) is 3. The average molecular weight is 272 g/mol. The molecule has 6 heteroatoms. The number of hydrogen-bond donors (Lipinski definition) is 3. The minimum atomic E-state index is 0.111. The Balaban J connectivity index is 2.24. The van der Waals surface area contributed by atoms with Gasteiger partial charge in [0.2, 0.25) is 0 Å². The number of hydrazine groups is 1. The van der Waals surface area contributed by atoms with E-state index in [4.69, 9.17) is 5.84 Å². The predicted octanol–water partition coefficient (Wildman–Crippen LogP) is 2.28. The largest absolute Gasteiger partial charge is 0.363 e. The number of nitrogen functional groups attached to an aromatic ring is 1. The average Bonchev–Trinajstić information content (AvgIpc) is 2.50. The first kappa shape index (κ1) is 14.2. The second-order valence-corrected chi connectivity index (χ2v) is 4.60. The van der Waals surface area contributed by atoms with Crippen molar-refractivity contribution in [2.45, 2.75) is 32.7 Å². The highest BCUT2D eigenvalue weighted by Crippen LogP contribution is 2.24. The number of nitrogens with one attached hydrogen (secondary N) is 2. The van der Waals surface area contributed by atoms with Crippen molar-refractivity contribution in [3.63, 3.8) is 0 Å². The van der Waals surface area contributed by atoms with Crippen LogP contribution >= 0.6 is 0 Å². The van der Waals surface area contributed by atoms with Gasteiger partial charge in [-0.05, 0) is 25.0 Å². The highest BCUT2D eigenvalue weighted by Gasteiger charge is 2.13. The lowest BCUT2D eigenvalue weighted by molar-refractivity contribution is 0.842. The third kappa shape index (κ3) is 3.21. The molecule has 2 aromatic heterocycles. The Morgan fingerprint density at radius 2 is 2.10 bits per heavy atom. The van der Waals surface area contributed by atoms with Crippen molar-refractivity contribution in [3.05, 3.63) is 42.0 Å². The minimum Gasteiger partial charge on any atom is -0.363 e. The highest BCUT2D eigenvalue weighted by molar-refractivity contribution is 5.57. The van der Waals surface area contributed by atoms with Crippen molar-refractivity contribution in [1.82, 2.24) is 15.0 Å². The number of nitrogens with two attached hydrogens (primary N) is 1. The highest BCUT2D eigenvalue weighted by atomic mass is 15.3. The van der Waals surface area contributed by atoms with Crippen LogP contribution < -0.4 is 16.6 Å². The fourth-order valence-electron chi connectivity index (χ4n) is 2.07. The Kier molecular flexibility index (Phi) is 4.84. The molecule has 0 saturated carbocycles. The summed E-state index contributed by atoms with van der Waals surface area (Å²) in [6.45, 7) is 4.19. The van der Waals surface area contributed by atoms with Gasteiger partial charge < -0.3 is 10.7 Å². The van der Waals surface area contributed by atoms with Crippen LogP contribution in [-0.2, 0) is 6.42 Å². The van der Waals surface area contributed by atoms with E-state index in [0.29, 0.717) is 5.82 Å². The molecule has 1 unspecified atom stereocenters. The van der Waals surface area contributed by atoms with Gasteiger partial charge in [-0.3, -0.25) is 4.98 Å². The van der Waals surface area contributed by atoms with Crippen molar-refractivity contribution in [3.8, 4) is 0 Å². The first-order valence-electron chi connectivity index (χ1n) is 6.73. The first-order chi connectivity index (χ1) is 9.76. The maximum atomic E-state index is 5.51. The molecule has 0 amide bonds. The van der Waals surface area contributed by atoms with Gasteiger partial charge in [-0.1, -0.05) is 19.4 Å². The van der Waals surface area contributed by atoms with Crippen LogP contribution in [0.2, 0.25) is 0 Å².